The number of carbonyl (C=O) groups excluding carboxylic acids is 1. The molecule has 42 heavy (non-hydrogen) atoms. The maximum absolute atomic E-state index is 14.2. The van der Waals surface area contributed by atoms with Crippen LogP contribution < -0.4 is 4.90 Å². The molecule has 0 radical (unpaired) electrons. The van der Waals surface area contributed by atoms with Crippen LogP contribution in [0.2, 0.25) is 0 Å². The highest BCUT2D eigenvalue weighted by Crippen LogP contribution is 2.45. The van der Waals surface area contributed by atoms with Crippen LogP contribution in [0.15, 0.2) is 70.0 Å². The standard InChI is InChI=1S/C26H21F3N6O5S2/c1-15-23(31-3)24(20-10-9-17(13-30)11-21(20)41(5,37)38)35(42(39,40)22-14-33(4)16(2)32-22)25(36)34(15)19-8-6-7-18(12-19)26(27,28)29/h6-12,14,24H,1-2,4-5H3/t24-/m1/s1. The highest BCUT2D eigenvalue weighted by Gasteiger charge is 2.49. The van der Waals surface area contributed by atoms with E-state index in [-0.39, 0.29) is 32.6 Å². The van der Waals surface area contributed by atoms with Crippen LogP contribution in [0.5, 0.6) is 0 Å². The Morgan fingerprint density at radius 2 is 1.76 bits per heavy atom. The number of aryl methyl sites for hydroxylation is 2. The summed E-state index contributed by atoms with van der Waals surface area (Å²) in [5.74, 6) is 0.233. The summed E-state index contributed by atoms with van der Waals surface area (Å²) in [5.41, 5.74) is -2.60. The largest absolute Gasteiger partial charge is 0.416 e. The van der Waals surface area contributed by atoms with Gasteiger partial charge in [0.05, 0.1) is 28.7 Å². The van der Waals surface area contributed by atoms with Gasteiger partial charge in [-0.25, -0.2) is 27.3 Å². The number of urea groups is 1. The minimum absolute atomic E-state index is 0.0910. The highest BCUT2D eigenvalue weighted by molar-refractivity contribution is 7.91. The number of aromatic nitrogens is 2. The summed E-state index contributed by atoms with van der Waals surface area (Å²) in [4.78, 5) is 21.7. The lowest BCUT2D eigenvalue weighted by atomic mass is 9.98. The normalized spacial score (nSPS) is 16.4. The van der Waals surface area contributed by atoms with Crippen LogP contribution in [-0.4, -0.2) is 43.0 Å². The molecule has 0 unspecified atom stereocenters. The van der Waals surface area contributed by atoms with E-state index < -0.39 is 59.3 Å². The Labute approximate surface area is 239 Å². The zero-order valence-corrected chi connectivity index (χ0v) is 24.0. The molecule has 2 aromatic carbocycles. The summed E-state index contributed by atoms with van der Waals surface area (Å²) < 4.78 is 96.1. The van der Waals surface area contributed by atoms with Crippen LogP contribution in [0.3, 0.4) is 0 Å². The number of benzene rings is 2. The molecule has 4 rings (SSSR count). The van der Waals surface area contributed by atoms with Gasteiger partial charge < -0.3 is 4.57 Å². The zero-order valence-electron chi connectivity index (χ0n) is 22.4. The van der Waals surface area contributed by atoms with Gasteiger partial charge in [-0.2, -0.15) is 26.9 Å². The van der Waals surface area contributed by atoms with Crippen molar-refractivity contribution in [1.29, 1.82) is 5.26 Å². The molecule has 2 amide bonds. The van der Waals surface area contributed by atoms with Gasteiger partial charge in [0.2, 0.25) is 5.70 Å². The SMILES string of the molecule is [C-]#[N+]C1=C(C)N(c2cccc(C(F)(F)F)c2)C(=O)N(S(=O)(=O)c2cn(C)c(C)n2)[C@@H]1c1ccc(C#N)cc1S(C)(=O)=O. The minimum Gasteiger partial charge on any atom is -0.337 e. The van der Waals surface area contributed by atoms with Crippen molar-refractivity contribution in [2.45, 2.75) is 36.0 Å². The Balaban J connectivity index is 2.12. The molecule has 2 heterocycles. The molecule has 0 N–H and O–H groups in total. The zero-order chi connectivity index (χ0) is 31.4. The molecule has 0 spiro atoms. The molecule has 0 fully saturated rings. The summed E-state index contributed by atoms with van der Waals surface area (Å²) in [6.07, 6.45) is -2.90. The fourth-order valence-corrected chi connectivity index (χ4v) is 6.93. The molecule has 1 aliphatic rings. The fourth-order valence-electron chi connectivity index (χ4n) is 4.46. The number of alkyl halides is 3. The monoisotopic (exact) mass is 618 g/mol. The van der Waals surface area contributed by atoms with E-state index in [2.05, 4.69) is 9.83 Å². The van der Waals surface area contributed by atoms with E-state index in [0.29, 0.717) is 11.0 Å². The lowest BCUT2D eigenvalue weighted by Crippen LogP contribution is -2.52. The molecule has 0 saturated carbocycles. The molecule has 3 aromatic rings. The third-order valence-electron chi connectivity index (χ3n) is 6.58. The van der Waals surface area contributed by atoms with Gasteiger partial charge in [0, 0.05) is 30.9 Å². The average Bonchev–Trinajstić information content (AvgIpc) is 3.25. The number of sulfonamides is 1. The number of imidazole rings is 1. The van der Waals surface area contributed by atoms with Crippen LogP contribution in [-0.2, 0) is 33.1 Å². The van der Waals surface area contributed by atoms with Crippen molar-refractivity contribution < 1.29 is 34.8 Å². The molecule has 0 saturated heterocycles. The molecule has 16 heteroatoms. The lowest BCUT2D eigenvalue weighted by molar-refractivity contribution is -0.137. The third kappa shape index (κ3) is 5.10. The molecular formula is C26H21F3N6O5S2. The number of sulfone groups is 1. The van der Waals surface area contributed by atoms with Gasteiger partial charge in [0.15, 0.2) is 14.9 Å². The first-order valence-electron chi connectivity index (χ1n) is 11.8. The number of nitrogens with zero attached hydrogens (tertiary/aromatic N) is 6. The van der Waals surface area contributed by atoms with Gasteiger partial charge in [0.1, 0.15) is 11.9 Å². The second kappa shape index (κ2) is 10.3. The van der Waals surface area contributed by atoms with Crippen LogP contribution >= 0.6 is 0 Å². The van der Waals surface area contributed by atoms with Crippen LogP contribution in [0.1, 0.15) is 35.5 Å². The maximum Gasteiger partial charge on any atom is 0.416 e. The predicted octanol–water partition coefficient (Wildman–Crippen LogP) is 4.55. The van der Waals surface area contributed by atoms with E-state index in [9.17, 15) is 40.1 Å². The Bertz CT molecular complexity index is 1950. The molecule has 1 aliphatic heterocycles. The van der Waals surface area contributed by atoms with E-state index in [4.69, 9.17) is 6.57 Å². The first-order valence-corrected chi connectivity index (χ1v) is 15.1. The van der Waals surface area contributed by atoms with E-state index in [1.54, 1.807) is 6.07 Å². The van der Waals surface area contributed by atoms with E-state index in [1.807, 2.05) is 0 Å². The quantitative estimate of drug-likeness (QED) is 0.383. The Hall–Kier alpha value is -4.67. The van der Waals surface area contributed by atoms with Gasteiger partial charge in [-0.3, -0.25) is 4.90 Å². The third-order valence-corrected chi connectivity index (χ3v) is 9.34. The first-order chi connectivity index (χ1) is 19.4. The van der Waals surface area contributed by atoms with E-state index in [0.717, 1.165) is 42.8 Å². The van der Waals surface area contributed by atoms with Gasteiger partial charge in [0.25, 0.3) is 10.0 Å². The Kier molecular flexibility index (Phi) is 7.43. The molecule has 0 aliphatic carbocycles. The van der Waals surface area contributed by atoms with Gasteiger partial charge in [-0.15, -0.1) is 0 Å². The van der Waals surface area contributed by atoms with E-state index >= 15 is 0 Å². The van der Waals surface area contributed by atoms with Gasteiger partial charge in [-0.1, -0.05) is 12.1 Å². The van der Waals surface area contributed by atoms with Crippen LogP contribution in [0.4, 0.5) is 23.7 Å². The summed E-state index contributed by atoms with van der Waals surface area (Å²) in [7, 11) is -7.67. The van der Waals surface area contributed by atoms with Crippen molar-refractivity contribution >= 4 is 31.6 Å². The molecule has 11 nitrogen and oxygen atoms in total. The molecule has 218 valence electrons. The topological polar surface area (TPSA) is 138 Å². The number of nitriles is 1. The van der Waals surface area contributed by atoms with Crippen molar-refractivity contribution in [2.24, 2.45) is 7.05 Å². The summed E-state index contributed by atoms with van der Waals surface area (Å²) in [6.45, 7) is 10.6. The maximum atomic E-state index is 14.2. The van der Waals surface area contributed by atoms with Crippen LogP contribution in [0.25, 0.3) is 4.85 Å². The number of hydrogen-bond acceptors (Lipinski definition) is 7. The van der Waals surface area contributed by atoms with Crippen LogP contribution in [0, 0.1) is 24.8 Å². The van der Waals surface area contributed by atoms with Crippen molar-refractivity contribution in [2.75, 3.05) is 11.2 Å². The number of carbonyl (C=O) groups is 1. The number of allylic oxidation sites excluding steroid dienone is 1. The number of anilines is 1. The molecule has 0 bridgehead atoms. The highest BCUT2D eigenvalue weighted by atomic mass is 32.2. The van der Waals surface area contributed by atoms with E-state index in [1.165, 1.54) is 31.5 Å². The number of halogens is 3. The number of hydrogen-bond donors (Lipinski definition) is 0. The fraction of sp³-hybridized carbons (Fsp3) is 0.231. The molecule has 1 aromatic heterocycles. The number of rotatable bonds is 5. The Morgan fingerprint density at radius 3 is 2.29 bits per heavy atom. The predicted molar refractivity (Wildman–Crippen MR) is 143 cm³/mol. The first kappa shape index (κ1) is 30.3. The molecular weight excluding hydrogens is 597 g/mol. The molecule has 1 atom stereocenters. The summed E-state index contributed by atoms with van der Waals surface area (Å²) in [5, 5.41) is 8.73. The van der Waals surface area contributed by atoms with Crippen molar-refractivity contribution in [3.63, 3.8) is 0 Å². The minimum atomic E-state index is -4.98. The van der Waals surface area contributed by atoms with Crippen molar-refractivity contribution in [3.8, 4) is 6.07 Å². The second-order valence-electron chi connectivity index (χ2n) is 9.33. The smallest absolute Gasteiger partial charge is 0.337 e. The Morgan fingerprint density at radius 1 is 1.10 bits per heavy atom. The summed E-state index contributed by atoms with van der Waals surface area (Å²) in [6, 6.07) is 5.38. The number of amides is 2. The summed E-state index contributed by atoms with van der Waals surface area (Å²) >= 11 is 0. The van der Waals surface area contributed by atoms with Gasteiger partial charge in [-0.05, 0) is 49.7 Å². The second-order valence-corrected chi connectivity index (χ2v) is 13.1. The van der Waals surface area contributed by atoms with Crippen molar-refractivity contribution in [3.05, 3.63) is 94.0 Å². The average molecular weight is 619 g/mol. The van der Waals surface area contributed by atoms with Gasteiger partial charge >= 0.3 is 12.2 Å². The lowest BCUT2D eigenvalue weighted by Gasteiger charge is -2.41. The van der Waals surface area contributed by atoms with Crippen molar-refractivity contribution in [1.82, 2.24) is 13.9 Å².